The first-order valence-electron chi connectivity index (χ1n) is 6.51. The number of furan rings is 1. The number of hydrogen-bond donors (Lipinski definition) is 1. The highest BCUT2D eigenvalue weighted by molar-refractivity contribution is 5.95. The van der Waals surface area contributed by atoms with Crippen LogP contribution in [0.15, 0.2) is 40.8 Å². The fraction of sp³-hybridized carbons (Fsp3) is 0.312. The van der Waals surface area contributed by atoms with Crippen LogP contribution in [-0.4, -0.2) is 5.78 Å². The molecule has 0 amide bonds. The van der Waals surface area contributed by atoms with Crippen molar-refractivity contribution < 1.29 is 9.21 Å². The summed E-state index contributed by atoms with van der Waals surface area (Å²) in [6.45, 7) is 4.62. The first kappa shape index (κ1) is 13.6. The lowest BCUT2D eigenvalue weighted by Crippen LogP contribution is -2.02. The van der Waals surface area contributed by atoms with Crippen LogP contribution in [0.2, 0.25) is 0 Å². The standard InChI is InChI=1S/C16H19NO2/c1-11(2)13-5-3-12(4-6-13)9-15(18)16-8-7-14(10-17)19-16/h3-8,11H,9-10,17H2,1-2H3. The number of carbonyl (C=O) groups excluding carboxylic acids is 1. The van der Waals surface area contributed by atoms with E-state index in [1.54, 1.807) is 12.1 Å². The zero-order valence-corrected chi connectivity index (χ0v) is 11.3. The van der Waals surface area contributed by atoms with Crippen LogP contribution in [-0.2, 0) is 13.0 Å². The van der Waals surface area contributed by atoms with Gasteiger partial charge in [0.1, 0.15) is 5.76 Å². The molecule has 0 radical (unpaired) electrons. The van der Waals surface area contributed by atoms with Gasteiger partial charge < -0.3 is 10.2 Å². The molecule has 1 aromatic carbocycles. The first-order valence-corrected chi connectivity index (χ1v) is 6.51. The molecule has 3 heteroatoms. The maximum Gasteiger partial charge on any atom is 0.202 e. The van der Waals surface area contributed by atoms with Gasteiger partial charge in [0.15, 0.2) is 5.76 Å². The van der Waals surface area contributed by atoms with Crippen LogP contribution in [0.25, 0.3) is 0 Å². The van der Waals surface area contributed by atoms with Crippen LogP contribution >= 0.6 is 0 Å². The number of carbonyl (C=O) groups is 1. The highest BCUT2D eigenvalue weighted by Gasteiger charge is 2.11. The third-order valence-corrected chi connectivity index (χ3v) is 3.15. The lowest BCUT2D eigenvalue weighted by molar-refractivity contribution is 0.0964. The Kier molecular flexibility index (Phi) is 4.17. The van der Waals surface area contributed by atoms with Crippen molar-refractivity contribution >= 4 is 5.78 Å². The van der Waals surface area contributed by atoms with Gasteiger partial charge in [-0.1, -0.05) is 38.1 Å². The Labute approximate surface area is 113 Å². The summed E-state index contributed by atoms with van der Waals surface area (Å²) in [5.41, 5.74) is 7.73. The van der Waals surface area contributed by atoms with Gasteiger partial charge in [-0.05, 0) is 29.2 Å². The van der Waals surface area contributed by atoms with Crippen LogP contribution in [0.5, 0.6) is 0 Å². The predicted octanol–water partition coefficient (Wildman–Crippen LogP) is 3.29. The number of hydrogen-bond acceptors (Lipinski definition) is 3. The number of rotatable bonds is 5. The molecule has 2 aromatic rings. The minimum Gasteiger partial charge on any atom is -0.457 e. The van der Waals surface area contributed by atoms with E-state index in [-0.39, 0.29) is 5.78 Å². The number of Topliss-reactive ketones (excluding diaryl/α,β-unsaturated/α-hetero) is 1. The van der Waals surface area contributed by atoms with Gasteiger partial charge in [-0.25, -0.2) is 0 Å². The van der Waals surface area contributed by atoms with Crippen molar-refractivity contribution in [2.45, 2.75) is 32.7 Å². The van der Waals surface area contributed by atoms with Gasteiger partial charge in [0.2, 0.25) is 5.78 Å². The Morgan fingerprint density at radius 3 is 2.37 bits per heavy atom. The van der Waals surface area contributed by atoms with Crippen molar-refractivity contribution in [2.24, 2.45) is 5.73 Å². The van der Waals surface area contributed by atoms with Gasteiger partial charge in [-0.2, -0.15) is 0 Å². The molecular weight excluding hydrogens is 238 g/mol. The molecule has 0 aliphatic rings. The lowest BCUT2D eigenvalue weighted by atomic mass is 10.00. The summed E-state index contributed by atoms with van der Waals surface area (Å²) >= 11 is 0. The molecule has 0 atom stereocenters. The van der Waals surface area contributed by atoms with Crippen LogP contribution < -0.4 is 5.73 Å². The predicted molar refractivity (Wildman–Crippen MR) is 75.2 cm³/mol. The Morgan fingerprint density at radius 1 is 1.16 bits per heavy atom. The molecule has 0 aliphatic heterocycles. The largest absolute Gasteiger partial charge is 0.457 e. The van der Waals surface area contributed by atoms with Crippen molar-refractivity contribution in [1.82, 2.24) is 0 Å². The topological polar surface area (TPSA) is 56.2 Å². The fourth-order valence-electron chi connectivity index (χ4n) is 1.93. The summed E-state index contributed by atoms with van der Waals surface area (Å²) in [6, 6.07) is 11.6. The molecule has 1 aromatic heterocycles. The molecule has 0 saturated heterocycles. The average Bonchev–Trinajstić information content (AvgIpc) is 2.88. The quantitative estimate of drug-likeness (QED) is 0.836. The van der Waals surface area contributed by atoms with E-state index in [1.807, 2.05) is 12.1 Å². The Morgan fingerprint density at radius 2 is 1.84 bits per heavy atom. The van der Waals surface area contributed by atoms with Crippen LogP contribution in [0.3, 0.4) is 0 Å². The van der Waals surface area contributed by atoms with Gasteiger partial charge in [0.05, 0.1) is 6.54 Å². The molecule has 100 valence electrons. The van der Waals surface area contributed by atoms with Gasteiger partial charge >= 0.3 is 0 Å². The fourth-order valence-corrected chi connectivity index (χ4v) is 1.93. The van der Waals surface area contributed by atoms with Crippen LogP contribution in [0.4, 0.5) is 0 Å². The van der Waals surface area contributed by atoms with Gasteiger partial charge in [-0.15, -0.1) is 0 Å². The molecule has 0 aliphatic carbocycles. The summed E-state index contributed by atoms with van der Waals surface area (Å²) in [5.74, 6) is 1.51. The number of nitrogens with two attached hydrogens (primary N) is 1. The molecule has 0 bridgehead atoms. The van der Waals surface area contributed by atoms with E-state index in [2.05, 4.69) is 26.0 Å². The summed E-state index contributed by atoms with van der Waals surface area (Å²) in [6.07, 6.45) is 0.357. The third kappa shape index (κ3) is 3.32. The van der Waals surface area contributed by atoms with Gasteiger partial charge in [0, 0.05) is 6.42 Å². The van der Waals surface area contributed by atoms with Crippen molar-refractivity contribution in [3.8, 4) is 0 Å². The Bertz CT molecular complexity index is 552. The highest BCUT2D eigenvalue weighted by Crippen LogP contribution is 2.16. The second-order valence-corrected chi connectivity index (χ2v) is 4.97. The second kappa shape index (κ2) is 5.85. The molecule has 0 saturated carbocycles. The average molecular weight is 257 g/mol. The maximum atomic E-state index is 12.0. The van der Waals surface area contributed by atoms with Gasteiger partial charge in [0.25, 0.3) is 0 Å². The lowest BCUT2D eigenvalue weighted by Gasteiger charge is -2.06. The van der Waals surface area contributed by atoms with E-state index in [1.165, 1.54) is 5.56 Å². The Hall–Kier alpha value is -1.87. The smallest absolute Gasteiger partial charge is 0.202 e. The van der Waals surface area contributed by atoms with Gasteiger partial charge in [-0.3, -0.25) is 4.79 Å². The van der Waals surface area contributed by atoms with E-state index in [4.69, 9.17) is 10.2 Å². The second-order valence-electron chi connectivity index (χ2n) is 4.97. The van der Waals surface area contributed by atoms with Crippen molar-refractivity contribution in [1.29, 1.82) is 0 Å². The number of benzene rings is 1. The minimum absolute atomic E-state index is 0.0167. The maximum absolute atomic E-state index is 12.0. The summed E-state index contributed by atoms with van der Waals surface area (Å²) in [5, 5.41) is 0. The molecule has 0 unspecified atom stereocenters. The number of ketones is 1. The third-order valence-electron chi connectivity index (χ3n) is 3.15. The van der Waals surface area contributed by atoms with Crippen molar-refractivity contribution in [2.75, 3.05) is 0 Å². The monoisotopic (exact) mass is 257 g/mol. The molecule has 0 fully saturated rings. The minimum atomic E-state index is -0.0167. The van der Waals surface area contributed by atoms with Crippen molar-refractivity contribution in [3.05, 3.63) is 59.0 Å². The molecule has 3 nitrogen and oxygen atoms in total. The molecule has 0 spiro atoms. The first-order chi connectivity index (χ1) is 9.10. The Balaban J connectivity index is 2.06. The molecule has 2 N–H and O–H groups in total. The van der Waals surface area contributed by atoms with E-state index in [0.717, 1.165) is 5.56 Å². The van der Waals surface area contributed by atoms with E-state index in [9.17, 15) is 4.79 Å². The van der Waals surface area contributed by atoms with E-state index in [0.29, 0.717) is 30.4 Å². The molecule has 19 heavy (non-hydrogen) atoms. The molecule has 2 rings (SSSR count). The molecule has 1 heterocycles. The zero-order chi connectivity index (χ0) is 13.8. The van der Waals surface area contributed by atoms with Crippen LogP contribution in [0, 0.1) is 0 Å². The van der Waals surface area contributed by atoms with E-state index >= 15 is 0 Å². The molecular formula is C16H19NO2. The summed E-state index contributed by atoms with van der Waals surface area (Å²) < 4.78 is 5.35. The van der Waals surface area contributed by atoms with Crippen LogP contribution in [0.1, 0.15) is 47.2 Å². The van der Waals surface area contributed by atoms with E-state index < -0.39 is 0 Å². The van der Waals surface area contributed by atoms with Crippen molar-refractivity contribution in [3.63, 3.8) is 0 Å². The summed E-state index contributed by atoms with van der Waals surface area (Å²) in [4.78, 5) is 12.0. The SMILES string of the molecule is CC(C)c1ccc(CC(=O)c2ccc(CN)o2)cc1. The highest BCUT2D eigenvalue weighted by atomic mass is 16.3. The zero-order valence-electron chi connectivity index (χ0n) is 11.3. The normalized spacial score (nSPS) is 10.9. The summed E-state index contributed by atoms with van der Waals surface area (Å²) in [7, 11) is 0.